The van der Waals surface area contributed by atoms with Crippen LogP contribution >= 0.6 is 11.6 Å². The molecular weight excluding hydrogens is 408 g/mol. The molecule has 0 bridgehead atoms. The zero-order valence-corrected chi connectivity index (χ0v) is 16.1. The predicted molar refractivity (Wildman–Crippen MR) is 108 cm³/mol. The van der Waals surface area contributed by atoms with Crippen molar-refractivity contribution in [2.75, 3.05) is 11.9 Å². The number of fused-ring (bicyclic) bond motifs is 2. The molecule has 0 saturated heterocycles. The van der Waals surface area contributed by atoms with E-state index in [-0.39, 0.29) is 44.7 Å². The molecule has 7 nitrogen and oxygen atoms in total. The molecule has 30 heavy (non-hydrogen) atoms. The Labute approximate surface area is 175 Å². The molecule has 1 aliphatic rings. The van der Waals surface area contributed by atoms with Crippen LogP contribution in [0.5, 0.6) is 0 Å². The van der Waals surface area contributed by atoms with Crippen LogP contribution in [0.25, 0.3) is 0 Å². The van der Waals surface area contributed by atoms with E-state index in [9.17, 15) is 19.2 Å². The number of halogens is 1. The summed E-state index contributed by atoms with van der Waals surface area (Å²) in [6.45, 7) is -0.605. The van der Waals surface area contributed by atoms with Gasteiger partial charge in [0.2, 0.25) is 0 Å². The molecule has 0 unspecified atom stereocenters. The van der Waals surface area contributed by atoms with Crippen molar-refractivity contribution in [2.45, 2.75) is 0 Å². The van der Waals surface area contributed by atoms with Crippen LogP contribution in [-0.4, -0.2) is 35.0 Å². The summed E-state index contributed by atoms with van der Waals surface area (Å²) in [4.78, 5) is 53.8. The van der Waals surface area contributed by atoms with Crippen LogP contribution in [0.2, 0.25) is 5.15 Å². The number of pyridine rings is 1. The zero-order valence-electron chi connectivity index (χ0n) is 15.3. The van der Waals surface area contributed by atoms with Gasteiger partial charge in [0.05, 0.1) is 16.8 Å². The standard InChI is InChI=1S/C22H13ClN2O5/c23-21-15(8-4-10-24-21)22(29)30-11-17(26)25-16-9-3-7-14-18(16)20(28)13-6-2-1-5-12(13)19(14)27/h1-10H,11H2,(H,25,26). The van der Waals surface area contributed by atoms with Crippen LogP contribution in [0.15, 0.2) is 60.8 Å². The van der Waals surface area contributed by atoms with Crippen molar-refractivity contribution in [1.82, 2.24) is 4.98 Å². The number of carbonyl (C=O) groups excluding carboxylic acids is 4. The van der Waals surface area contributed by atoms with Gasteiger partial charge in [0.1, 0.15) is 5.15 Å². The Balaban J connectivity index is 1.53. The first-order chi connectivity index (χ1) is 14.5. The maximum absolute atomic E-state index is 12.9. The zero-order chi connectivity index (χ0) is 21.3. The number of esters is 1. The normalized spacial score (nSPS) is 12.0. The Bertz CT molecular complexity index is 1220. The van der Waals surface area contributed by atoms with E-state index in [0.717, 1.165) is 0 Å². The monoisotopic (exact) mass is 420 g/mol. The van der Waals surface area contributed by atoms with Crippen LogP contribution in [-0.2, 0) is 9.53 Å². The Hall–Kier alpha value is -3.84. The van der Waals surface area contributed by atoms with Gasteiger partial charge in [0.25, 0.3) is 5.91 Å². The predicted octanol–water partition coefficient (Wildman–Crippen LogP) is 3.31. The molecule has 1 aliphatic carbocycles. The number of carbonyl (C=O) groups is 4. The van der Waals surface area contributed by atoms with Gasteiger partial charge in [-0.05, 0) is 18.2 Å². The number of rotatable bonds is 4. The molecule has 2 aromatic carbocycles. The Morgan fingerprint density at radius 3 is 2.33 bits per heavy atom. The fourth-order valence-electron chi connectivity index (χ4n) is 3.18. The van der Waals surface area contributed by atoms with Gasteiger partial charge in [-0.2, -0.15) is 0 Å². The minimum atomic E-state index is -0.807. The molecule has 148 valence electrons. The number of hydrogen-bond donors (Lipinski definition) is 1. The molecular formula is C22H13ClN2O5. The van der Waals surface area contributed by atoms with Gasteiger partial charge in [-0.1, -0.05) is 48.0 Å². The molecule has 0 atom stereocenters. The van der Waals surface area contributed by atoms with Gasteiger partial charge < -0.3 is 10.1 Å². The topological polar surface area (TPSA) is 102 Å². The molecule has 4 rings (SSSR count). The molecule has 0 aliphatic heterocycles. The Kier molecular flexibility index (Phi) is 5.12. The summed E-state index contributed by atoms with van der Waals surface area (Å²) < 4.78 is 4.96. The Morgan fingerprint density at radius 1 is 0.900 bits per heavy atom. The maximum Gasteiger partial charge on any atom is 0.341 e. The van der Waals surface area contributed by atoms with Crippen molar-refractivity contribution in [3.05, 3.63) is 93.8 Å². The third-order valence-corrected chi connectivity index (χ3v) is 4.84. The summed E-state index contributed by atoms with van der Waals surface area (Å²) >= 11 is 5.83. The SMILES string of the molecule is O=C(COC(=O)c1cccnc1Cl)Nc1cccc2c1C(=O)c1ccccc1C2=O. The first-order valence-corrected chi connectivity index (χ1v) is 9.24. The summed E-state index contributed by atoms with van der Waals surface area (Å²) in [5.41, 5.74) is 1.10. The summed E-state index contributed by atoms with van der Waals surface area (Å²) in [5.74, 6) is -2.14. The molecule has 0 radical (unpaired) electrons. The van der Waals surface area contributed by atoms with E-state index < -0.39 is 18.5 Å². The minimum Gasteiger partial charge on any atom is -0.452 e. The maximum atomic E-state index is 12.9. The van der Waals surface area contributed by atoms with Crippen molar-refractivity contribution in [3.63, 3.8) is 0 Å². The summed E-state index contributed by atoms with van der Waals surface area (Å²) in [6.07, 6.45) is 1.42. The molecule has 8 heteroatoms. The average Bonchev–Trinajstić information content (AvgIpc) is 2.76. The summed E-state index contributed by atoms with van der Waals surface area (Å²) in [5, 5.41) is 2.50. The lowest BCUT2D eigenvalue weighted by Crippen LogP contribution is -2.26. The highest BCUT2D eigenvalue weighted by atomic mass is 35.5. The summed E-state index contributed by atoms with van der Waals surface area (Å²) in [6, 6.07) is 14.0. The van der Waals surface area contributed by atoms with E-state index in [1.165, 1.54) is 30.5 Å². The fraction of sp³-hybridized carbons (Fsp3) is 0.0455. The van der Waals surface area contributed by atoms with Gasteiger partial charge in [-0.25, -0.2) is 9.78 Å². The Morgan fingerprint density at radius 2 is 1.60 bits per heavy atom. The second kappa shape index (κ2) is 7.88. The van der Waals surface area contributed by atoms with E-state index in [1.807, 2.05) is 0 Å². The molecule has 0 fully saturated rings. The minimum absolute atomic E-state index is 0.0291. The van der Waals surface area contributed by atoms with E-state index in [2.05, 4.69) is 10.3 Å². The van der Waals surface area contributed by atoms with Crippen LogP contribution in [0.1, 0.15) is 42.2 Å². The smallest absolute Gasteiger partial charge is 0.341 e. The van der Waals surface area contributed by atoms with Crippen molar-refractivity contribution < 1.29 is 23.9 Å². The molecule has 1 aromatic heterocycles. The number of benzene rings is 2. The third kappa shape index (κ3) is 3.46. The lowest BCUT2D eigenvalue weighted by atomic mass is 9.83. The van der Waals surface area contributed by atoms with Gasteiger partial charge in [-0.15, -0.1) is 0 Å². The third-order valence-electron chi connectivity index (χ3n) is 4.54. The van der Waals surface area contributed by atoms with Crippen LogP contribution in [0.3, 0.4) is 0 Å². The fourth-order valence-corrected chi connectivity index (χ4v) is 3.38. The molecule has 0 saturated carbocycles. The second-order valence-electron chi connectivity index (χ2n) is 6.40. The number of ether oxygens (including phenoxy) is 1. The van der Waals surface area contributed by atoms with Crippen LogP contribution in [0, 0.1) is 0 Å². The molecule has 1 amide bonds. The van der Waals surface area contributed by atoms with E-state index in [4.69, 9.17) is 16.3 Å². The quantitative estimate of drug-likeness (QED) is 0.401. The lowest BCUT2D eigenvalue weighted by Gasteiger charge is -2.20. The second-order valence-corrected chi connectivity index (χ2v) is 6.76. The number of hydrogen-bond acceptors (Lipinski definition) is 6. The molecule has 1 heterocycles. The highest BCUT2D eigenvalue weighted by Gasteiger charge is 2.31. The van der Waals surface area contributed by atoms with Crippen LogP contribution < -0.4 is 5.32 Å². The highest BCUT2D eigenvalue weighted by Crippen LogP contribution is 2.31. The van der Waals surface area contributed by atoms with Crippen molar-refractivity contribution in [1.29, 1.82) is 0 Å². The van der Waals surface area contributed by atoms with E-state index >= 15 is 0 Å². The van der Waals surface area contributed by atoms with Crippen molar-refractivity contribution >= 4 is 40.7 Å². The van der Waals surface area contributed by atoms with Gasteiger partial charge in [0, 0.05) is 22.9 Å². The lowest BCUT2D eigenvalue weighted by molar-refractivity contribution is -0.119. The number of amides is 1. The van der Waals surface area contributed by atoms with E-state index in [1.54, 1.807) is 30.3 Å². The van der Waals surface area contributed by atoms with E-state index in [0.29, 0.717) is 5.56 Å². The first kappa shape index (κ1) is 19.5. The number of nitrogens with one attached hydrogen (secondary N) is 1. The van der Waals surface area contributed by atoms with Crippen LogP contribution in [0.4, 0.5) is 5.69 Å². The van der Waals surface area contributed by atoms with Gasteiger partial charge >= 0.3 is 5.97 Å². The molecule has 0 spiro atoms. The van der Waals surface area contributed by atoms with Gasteiger partial charge in [-0.3, -0.25) is 14.4 Å². The number of nitrogens with zero attached hydrogens (tertiary/aromatic N) is 1. The van der Waals surface area contributed by atoms with Crippen molar-refractivity contribution in [2.24, 2.45) is 0 Å². The average molecular weight is 421 g/mol. The largest absolute Gasteiger partial charge is 0.452 e. The number of ketones is 2. The van der Waals surface area contributed by atoms with Gasteiger partial charge in [0.15, 0.2) is 18.2 Å². The summed E-state index contributed by atoms with van der Waals surface area (Å²) in [7, 11) is 0. The van der Waals surface area contributed by atoms with Crippen molar-refractivity contribution in [3.8, 4) is 0 Å². The highest BCUT2D eigenvalue weighted by molar-refractivity contribution is 6.32. The number of aromatic nitrogens is 1. The number of anilines is 1. The molecule has 1 N–H and O–H groups in total. The first-order valence-electron chi connectivity index (χ1n) is 8.86. The molecule has 3 aromatic rings.